The molecule has 0 unspecified atom stereocenters. The van der Waals surface area contributed by atoms with E-state index in [9.17, 15) is 0 Å². The topological polar surface area (TPSA) is 12.9 Å². The average molecular weight is 318 g/mol. The summed E-state index contributed by atoms with van der Waals surface area (Å²) in [6.45, 7) is 0. The maximum absolute atomic E-state index is 5.67. The molecule has 1 aromatic rings. The number of aromatic nitrogens is 1. The van der Waals surface area contributed by atoms with Gasteiger partial charge < -0.3 is 0 Å². The van der Waals surface area contributed by atoms with Gasteiger partial charge in [0.05, 0.1) is 3.57 Å². The highest BCUT2D eigenvalue weighted by Gasteiger charge is 1.99. The molecule has 1 rings (SSSR count). The Kier molecular flexibility index (Phi) is 2.73. The number of nitrogens with zero attached hydrogens (tertiary/aromatic N) is 1. The van der Waals surface area contributed by atoms with Gasteiger partial charge in [0.2, 0.25) is 0 Å². The van der Waals surface area contributed by atoms with Crippen LogP contribution in [0.25, 0.3) is 0 Å². The molecule has 9 heavy (non-hydrogen) atoms. The van der Waals surface area contributed by atoms with Gasteiger partial charge in [0, 0.05) is 10.7 Å². The lowest BCUT2D eigenvalue weighted by Crippen LogP contribution is -1.79. The van der Waals surface area contributed by atoms with Crippen molar-refractivity contribution >= 4 is 50.1 Å². The summed E-state index contributed by atoms with van der Waals surface area (Å²) in [5.74, 6) is 0. The number of hydrogen-bond acceptors (Lipinski definition) is 1. The first kappa shape index (κ1) is 7.75. The van der Waals surface area contributed by atoms with E-state index in [1.54, 1.807) is 6.20 Å². The van der Waals surface area contributed by atoms with Gasteiger partial charge in [-0.15, -0.1) is 0 Å². The Labute approximate surface area is 80.1 Å². The van der Waals surface area contributed by atoms with E-state index < -0.39 is 0 Å². The van der Waals surface area contributed by atoms with Crippen molar-refractivity contribution < 1.29 is 0 Å². The Morgan fingerprint density at radius 2 is 2.33 bits per heavy atom. The predicted octanol–water partition coefficient (Wildman–Crippen LogP) is 3.10. The first-order chi connectivity index (χ1) is 4.22. The quantitative estimate of drug-likeness (QED) is 0.529. The minimum absolute atomic E-state index is 0.546. The molecule has 1 nitrogen and oxygen atoms in total. The lowest BCUT2D eigenvalue weighted by Gasteiger charge is -1.94. The van der Waals surface area contributed by atoms with Crippen molar-refractivity contribution in [1.29, 1.82) is 0 Å². The lowest BCUT2D eigenvalue weighted by molar-refractivity contribution is 1.29. The minimum Gasteiger partial charge on any atom is -0.243 e. The molecule has 0 saturated carbocycles. The normalized spacial score (nSPS) is 9.67. The zero-order valence-corrected chi connectivity index (χ0v) is 8.74. The molecular weight excluding hydrogens is 316 g/mol. The summed E-state index contributed by atoms with van der Waals surface area (Å²) < 4.78 is 1.94. The molecule has 0 spiro atoms. The molecule has 0 radical (unpaired) electrons. The fourth-order valence-electron chi connectivity index (χ4n) is 0.397. The van der Waals surface area contributed by atoms with E-state index >= 15 is 0 Å². The van der Waals surface area contributed by atoms with Crippen LogP contribution in [0.15, 0.2) is 16.7 Å². The van der Waals surface area contributed by atoms with E-state index in [2.05, 4.69) is 43.5 Å². The van der Waals surface area contributed by atoms with Crippen LogP contribution in [0.5, 0.6) is 0 Å². The molecule has 0 aromatic carbocycles. The van der Waals surface area contributed by atoms with Gasteiger partial charge in [0.25, 0.3) is 0 Å². The highest BCUT2D eigenvalue weighted by Crippen LogP contribution is 2.23. The van der Waals surface area contributed by atoms with E-state index in [0.717, 1.165) is 8.04 Å². The standard InChI is InChI=1S/C5H2BrClIN/c6-3-1-2-9-5(7)4(3)8/h1-2H. The second kappa shape index (κ2) is 3.16. The van der Waals surface area contributed by atoms with Gasteiger partial charge in [-0.3, -0.25) is 0 Å². The van der Waals surface area contributed by atoms with Crippen LogP contribution in [0.2, 0.25) is 5.15 Å². The van der Waals surface area contributed by atoms with Crippen LogP contribution < -0.4 is 0 Å². The monoisotopic (exact) mass is 317 g/mol. The first-order valence-corrected chi connectivity index (χ1v) is 4.42. The van der Waals surface area contributed by atoms with Crippen molar-refractivity contribution in [2.45, 2.75) is 0 Å². The number of halogens is 3. The average Bonchev–Trinajstić information content (AvgIpc) is 1.83. The highest BCUT2D eigenvalue weighted by atomic mass is 127. The fraction of sp³-hybridized carbons (Fsp3) is 0. The van der Waals surface area contributed by atoms with Gasteiger partial charge >= 0.3 is 0 Å². The highest BCUT2D eigenvalue weighted by molar-refractivity contribution is 14.1. The zero-order chi connectivity index (χ0) is 6.85. The second-order valence-corrected chi connectivity index (χ2v) is 3.69. The van der Waals surface area contributed by atoms with Crippen LogP contribution in [0.1, 0.15) is 0 Å². The molecule has 0 aliphatic carbocycles. The van der Waals surface area contributed by atoms with Crippen LogP contribution in [-0.2, 0) is 0 Å². The minimum atomic E-state index is 0.546. The Morgan fingerprint density at radius 3 is 2.78 bits per heavy atom. The molecule has 48 valence electrons. The first-order valence-electron chi connectivity index (χ1n) is 2.17. The second-order valence-electron chi connectivity index (χ2n) is 1.40. The Balaban J connectivity index is 3.25. The van der Waals surface area contributed by atoms with Crippen molar-refractivity contribution in [3.8, 4) is 0 Å². The Morgan fingerprint density at radius 1 is 1.67 bits per heavy atom. The van der Waals surface area contributed by atoms with E-state index in [1.807, 2.05) is 6.07 Å². The number of rotatable bonds is 0. The van der Waals surface area contributed by atoms with Crippen molar-refractivity contribution in [2.75, 3.05) is 0 Å². The van der Waals surface area contributed by atoms with Gasteiger partial charge in [0.1, 0.15) is 5.15 Å². The molecule has 4 heteroatoms. The molecule has 0 N–H and O–H groups in total. The summed E-state index contributed by atoms with van der Waals surface area (Å²) in [6.07, 6.45) is 1.66. The maximum Gasteiger partial charge on any atom is 0.143 e. The van der Waals surface area contributed by atoms with E-state index in [4.69, 9.17) is 11.6 Å². The van der Waals surface area contributed by atoms with Gasteiger partial charge in [-0.05, 0) is 44.6 Å². The van der Waals surface area contributed by atoms with Crippen LogP contribution in [0.4, 0.5) is 0 Å². The summed E-state index contributed by atoms with van der Waals surface area (Å²) in [5, 5.41) is 0.546. The van der Waals surface area contributed by atoms with Crippen molar-refractivity contribution in [2.24, 2.45) is 0 Å². The molecule has 0 bridgehead atoms. The molecule has 0 saturated heterocycles. The Bertz CT molecular complexity index is 208. The molecule has 0 fully saturated rings. The summed E-state index contributed by atoms with van der Waals surface area (Å²) >= 11 is 11.1. The van der Waals surface area contributed by atoms with Crippen LogP contribution in [-0.4, -0.2) is 4.98 Å². The third-order valence-corrected chi connectivity index (χ3v) is 3.90. The zero-order valence-electron chi connectivity index (χ0n) is 4.24. The van der Waals surface area contributed by atoms with Crippen LogP contribution in [0, 0.1) is 3.57 Å². The SMILES string of the molecule is Clc1nccc(Br)c1I. The molecule has 0 aliphatic rings. The Hall–Kier alpha value is 0.650. The smallest absolute Gasteiger partial charge is 0.143 e. The van der Waals surface area contributed by atoms with Crippen molar-refractivity contribution in [3.63, 3.8) is 0 Å². The van der Waals surface area contributed by atoms with Gasteiger partial charge in [-0.2, -0.15) is 0 Å². The predicted molar refractivity (Wildman–Crippen MR) is 49.7 cm³/mol. The molecule has 1 aromatic heterocycles. The van der Waals surface area contributed by atoms with Gasteiger partial charge in [0.15, 0.2) is 0 Å². The van der Waals surface area contributed by atoms with Crippen molar-refractivity contribution in [1.82, 2.24) is 4.98 Å². The summed E-state index contributed by atoms with van der Waals surface area (Å²) in [5.41, 5.74) is 0. The van der Waals surface area contributed by atoms with E-state index in [1.165, 1.54) is 0 Å². The summed E-state index contributed by atoms with van der Waals surface area (Å²) in [6, 6.07) is 1.85. The largest absolute Gasteiger partial charge is 0.243 e. The van der Waals surface area contributed by atoms with Gasteiger partial charge in [-0.25, -0.2) is 4.98 Å². The van der Waals surface area contributed by atoms with Crippen LogP contribution in [0.3, 0.4) is 0 Å². The van der Waals surface area contributed by atoms with E-state index in [0.29, 0.717) is 5.15 Å². The third kappa shape index (κ3) is 1.78. The van der Waals surface area contributed by atoms with E-state index in [-0.39, 0.29) is 0 Å². The van der Waals surface area contributed by atoms with Crippen molar-refractivity contribution in [3.05, 3.63) is 25.5 Å². The molecule has 0 amide bonds. The molecule has 0 aliphatic heterocycles. The summed E-state index contributed by atoms with van der Waals surface area (Å²) in [7, 11) is 0. The lowest BCUT2D eigenvalue weighted by atomic mass is 10.5. The van der Waals surface area contributed by atoms with Crippen LogP contribution >= 0.6 is 50.1 Å². The van der Waals surface area contributed by atoms with Gasteiger partial charge in [-0.1, -0.05) is 11.6 Å². The molecule has 1 heterocycles. The summed E-state index contributed by atoms with van der Waals surface area (Å²) in [4.78, 5) is 3.87. The number of hydrogen-bond donors (Lipinski definition) is 0. The maximum atomic E-state index is 5.67. The molecular formula is C5H2BrClIN. The number of pyridine rings is 1. The molecule has 0 atom stereocenters. The fourth-order valence-corrected chi connectivity index (χ4v) is 1.29. The third-order valence-electron chi connectivity index (χ3n) is 0.800.